The zero-order chi connectivity index (χ0) is 14.6. The monoisotopic (exact) mass is 292 g/mol. The third-order valence-corrected chi connectivity index (χ3v) is 4.49. The molecule has 0 spiro atoms. The molecule has 1 atom stereocenters. The third-order valence-electron chi connectivity index (χ3n) is 3.20. The number of carbonyl (C=O) groups is 2. The van der Waals surface area contributed by atoms with Crippen molar-refractivity contribution in [3.8, 4) is 0 Å². The van der Waals surface area contributed by atoms with Gasteiger partial charge in [0, 0.05) is 20.1 Å². The van der Waals surface area contributed by atoms with E-state index in [4.69, 9.17) is 5.11 Å². The zero-order valence-corrected chi connectivity index (χ0v) is 12.0. The van der Waals surface area contributed by atoms with Crippen LogP contribution in [0.5, 0.6) is 0 Å². The normalized spacial score (nSPS) is 21.1. The first kappa shape index (κ1) is 15.9. The second-order valence-corrected chi connectivity index (χ2v) is 6.72. The molecule has 0 aromatic heterocycles. The summed E-state index contributed by atoms with van der Waals surface area (Å²) in [5.41, 5.74) is 0. The largest absolute Gasteiger partial charge is 0.481 e. The first-order chi connectivity index (χ1) is 8.73. The number of hydrogen-bond donors (Lipinski definition) is 1. The Morgan fingerprint density at radius 3 is 2.53 bits per heavy atom. The summed E-state index contributed by atoms with van der Waals surface area (Å²) in [7, 11) is -1.92. The predicted octanol–water partition coefficient (Wildman–Crippen LogP) is -0.266. The molecule has 1 fully saturated rings. The maximum Gasteiger partial charge on any atom is 0.305 e. The number of nitrogens with zero attached hydrogens (tertiary/aromatic N) is 2. The molecule has 0 aliphatic carbocycles. The summed E-state index contributed by atoms with van der Waals surface area (Å²) in [6.45, 7) is 0.435. The summed E-state index contributed by atoms with van der Waals surface area (Å²) >= 11 is 0. The highest BCUT2D eigenvalue weighted by molar-refractivity contribution is 7.88. The Hall–Kier alpha value is -1.15. The van der Waals surface area contributed by atoms with Gasteiger partial charge in [-0.3, -0.25) is 9.59 Å². The van der Waals surface area contributed by atoms with Gasteiger partial charge in [0.25, 0.3) is 0 Å². The van der Waals surface area contributed by atoms with Gasteiger partial charge in [-0.1, -0.05) is 6.42 Å². The molecule has 7 nitrogen and oxygen atoms in total. The fourth-order valence-corrected chi connectivity index (χ4v) is 3.30. The lowest BCUT2D eigenvalue weighted by Crippen LogP contribution is -2.52. The molecule has 1 aliphatic rings. The molecule has 1 aliphatic heterocycles. The number of carbonyl (C=O) groups excluding carboxylic acids is 1. The van der Waals surface area contributed by atoms with Crippen LogP contribution in [0.25, 0.3) is 0 Å². The van der Waals surface area contributed by atoms with Gasteiger partial charge in [0.15, 0.2) is 0 Å². The summed E-state index contributed by atoms with van der Waals surface area (Å²) in [5, 5.41) is 8.59. The Morgan fingerprint density at radius 1 is 1.37 bits per heavy atom. The van der Waals surface area contributed by atoms with Crippen molar-refractivity contribution in [2.75, 3.05) is 26.4 Å². The van der Waals surface area contributed by atoms with Gasteiger partial charge in [0.2, 0.25) is 15.9 Å². The summed E-state index contributed by atoms with van der Waals surface area (Å²) in [5.74, 6) is -1.31. The quantitative estimate of drug-likeness (QED) is 0.753. The van der Waals surface area contributed by atoms with Crippen molar-refractivity contribution in [2.24, 2.45) is 0 Å². The molecule has 1 N–H and O–H groups in total. The number of rotatable bonds is 5. The highest BCUT2D eigenvalue weighted by Crippen LogP contribution is 2.21. The van der Waals surface area contributed by atoms with E-state index in [-0.39, 0.29) is 18.9 Å². The molecule has 0 aromatic carbocycles. The van der Waals surface area contributed by atoms with Gasteiger partial charge in [0.05, 0.1) is 12.7 Å². The summed E-state index contributed by atoms with van der Waals surface area (Å²) in [4.78, 5) is 24.0. The van der Waals surface area contributed by atoms with Crippen molar-refractivity contribution in [3.63, 3.8) is 0 Å². The Kier molecular flexibility index (Phi) is 5.30. The minimum Gasteiger partial charge on any atom is -0.481 e. The van der Waals surface area contributed by atoms with Crippen LogP contribution in [0.15, 0.2) is 0 Å². The lowest BCUT2D eigenvalue weighted by molar-refractivity contribution is -0.139. The van der Waals surface area contributed by atoms with Gasteiger partial charge in [-0.15, -0.1) is 0 Å². The highest BCUT2D eigenvalue weighted by atomic mass is 32.2. The number of piperidine rings is 1. The van der Waals surface area contributed by atoms with Crippen molar-refractivity contribution in [3.05, 3.63) is 0 Å². The SMILES string of the molecule is CN(CCC(=O)O)C(=O)[C@@H]1CCCCN1S(C)(=O)=O. The Balaban J connectivity index is 2.74. The Morgan fingerprint density at radius 2 is 2.00 bits per heavy atom. The van der Waals surface area contributed by atoms with Crippen molar-refractivity contribution in [1.82, 2.24) is 9.21 Å². The number of amides is 1. The van der Waals surface area contributed by atoms with Crippen LogP contribution in [-0.2, 0) is 19.6 Å². The molecule has 1 amide bonds. The summed E-state index contributed by atoms with van der Waals surface area (Å²) in [6.07, 6.45) is 2.98. The van der Waals surface area contributed by atoms with Crippen LogP contribution in [0.1, 0.15) is 25.7 Å². The first-order valence-electron chi connectivity index (χ1n) is 6.17. The van der Waals surface area contributed by atoms with E-state index in [0.29, 0.717) is 13.0 Å². The van der Waals surface area contributed by atoms with Crippen LogP contribution in [0, 0.1) is 0 Å². The molecule has 8 heteroatoms. The minimum atomic E-state index is -3.42. The number of likely N-dealkylation sites (N-methyl/N-ethyl adjacent to an activating group) is 1. The zero-order valence-electron chi connectivity index (χ0n) is 11.2. The first-order valence-corrected chi connectivity index (χ1v) is 8.02. The number of hydrogen-bond acceptors (Lipinski definition) is 4. The predicted molar refractivity (Wildman–Crippen MR) is 69.1 cm³/mol. The number of sulfonamides is 1. The number of carboxylic acids is 1. The van der Waals surface area contributed by atoms with E-state index in [1.165, 1.54) is 16.3 Å². The van der Waals surface area contributed by atoms with Gasteiger partial charge < -0.3 is 10.0 Å². The van der Waals surface area contributed by atoms with Crippen molar-refractivity contribution in [2.45, 2.75) is 31.7 Å². The molecule has 0 bridgehead atoms. The van der Waals surface area contributed by atoms with E-state index in [1.807, 2.05) is 0 Å². The second kappa shape index (κ2) is 6.33. The van der Waals surface area contributed by atoms with Gasteiger partial charge in [-0.25, -0.2) is 8.42 Å². The molecule has 1 saturated heterocycles. The van der Waals surface area contributed by atoms with Gasteiger partial charge in [0.1, 0.15) is 6.04 Å². The fourth-order valence-electron chi connectivity index (χ4n) is 2.18. The molecular weight excluding hydrogens is 272 g/mol. The van der Waals surface area contributed by atoms with Crippen LogP contribution in [0.2, 0.25) is 0 Å². The topological polar surface area (TPSA) is 95.0 Å². The lowest BCUT2D eigenvalue weighted by atomic mass is 10.0. The third kappa shape index (κ3) is 4.46. The maximum absolute atomic E-state index is 12.2. The summed E-state index contributed by atoms with van der Waals surface area (Å²) in [6, 6.07) is -0.692. The van der Waals surface area contributed by atoms with E-state index in [9.17, 15) is 18.0 Å². The smallest absolute Gasteiger partial charge is 0.305 e. The summed E-state index contributed by atoms with van der Waals surface area (Å²) < 4.78 is 24.5. The van der Waals surface area contributed by atoms with E-state index in [0.717, 1.165) is 19.1 Å². The fraction of sp³-hybridized carbons (Fsp3) is 0.818. The molecule has 1 heterocycles. The van der Waals surface area contributed by atoms with Gasteiger partial charge in [-0.2, -0.15) is 4.31 Å². The van der Waals surface area contributed by atoms with Gasteiger partial charge >= 0.3 is 5.97 Å². The maximum atomic E-state index is 12.2. The highest BCUT2D eigenvalue weighted by Gasteiger charge is 2.35. The molecule has 0 aromatic rings. The molecule has 0 saturated carbocycles. The van der Waals surface area contributed by atoms with E-state index < -0.39 is 22.0 Å². The Labute approximate surface area is 113 Å². The van der Waals surface area contributed by atoms with E-state index in [1.54, 1.807) is 0 Å². The van der Waals surface area contributed by atoms with E-state index >= 15 is 0 Å². The molecule has 0 unspecified atom stereocenters. The van der Waals surface area contributed by atoms with Crippen LogP contribution >= 0.6 is 0 Å². The number of carboxylic acid groups (broad SMARTS) is 1. The molecular formula is C11H20N2O5S. The van der Waals surface area contributed by atoms with Crippen molar-refractivity contribution in [1.29, 1.82) is 0 Å². The lowest BCUT2D eigenvalue weighted by Gasteiger charge is -2.34. The van der Waals surface area contributed by atoms with Crippen LogP contribution in [0.4, 0.5) is 0 Å². The van der Waals surface area contributed by atoms with Crippen LogP contribution in [0.3, 0.4) is 0 Å². The molecule has 110 valence electrons. The molecule has 1 rings (SSSR count). The Bertz CT molecular complexity index is 448. The molecule has 19 heavy (non-hydrogen) atoms. The average molecular weight is 292 g/mol. The van der Waals surface area contributed by atoms with Crippen LogP contribution < -0.4 is 0 Å². The number of aliphatic carboxylic acids is 1. The van der Waals surface area contributed by atoms with E-state index in [2.05, 4.69) is 0 Å². The van der Waals surface area contributed by atoms with Crippen molar-refractivity contribution < 1.29 is 23.1 Å². The minimum absolute atomic E-state index is 0.0856. The van der Waals surface area contributed by atoms with Gasteiger partial charge in [-0.05, 0) is 12.8 Å². The van der Waals surface area contributed by atoms with Crippen molar-refractivity contribution >= 4 is 21.9 Å². The molecule has 0 radical (unpaired) electrons. The standard InChI is InChI=1S/C11H20N2O5S/c1-12(8-6-10(14)15)11(16)9-5-3-4-7-13(9)19(2,17)18/h9H,3-8H2,1-2H3,(H,14,15)/t9-/m0/s1. The average Bonchev–Trinajstić information content (AvgIpc) is 2.34. The second-order valence-electron chi connectivity index (χ2n) is 4.79. The van der Waals surface area contributed by atoms with Crippen LogP contribution in [-0.4, -0.2) is 67.0 Å².